The minimum absolute atomic E-state index is 0.132. The van der Waals surface area contributed by atoms with Crippen molar-refractivity contribution in [2.45, 2.75) is 0 Å². The fraction of sp³-hybridized carbons (Fsp3) is 0.333. The van der Waals surface area contributed by atoms with Crippen LogP contribution in [-0.4, -0.2) is 24.4 Å². The molecule has 1 heterocycles. The SMILES string of the molecule is CNCC(=O)c1ncco1. The lowest BCUT2D eigenvalue weighted by atomic mass is 10.4. The molecule has 1 aromatic rings. The Morgan fingerprint density at radius 1 is 1.90 bits per heavy atom. The lowest BCUT2D eigenvalue weighted by Crippen LogP contribution is -2.18. The molecule has 0 aliphatic rings. The van der Waals surface area contributed by atoms with E-state index in [1.54, 1.807) is 7.05 Å². The van der Waals surface area contributed by atoms with Crippen LogP contribution in [0.1, 0.15) is 10.7 Å². The van der Waals surface area contributed by atoms with E-state index in [1.807, 2.05) is 0 Å². The van der Waals surface area contributed by atoms with Gasteiger partial charge in [-0.3, -0.25) is 4.79 Å². The summed E-state index contributed by atoms with van der Waals surface area (Å²) in [5.74, 6) is 0.0295. The second kappa shape index (κ2) is 3.12. The zero-order chi connectivity index (χ0) is 7.40. The zero-order valence-electron chi connectivity index (χ0n) is 5.63. The molecule has 0 aromatic carbocycles. The highest BCUT2D eigenvalue weighted by Gasteiger charge is 2.07. The Bertz CT molecular complexity index is 206. The second-order valence-corrected chi connectivity index (χ2v) is 1.79. The number of likely N-dealkylation sites (N-methyl/N-ethyl adjacent to an activating group) is 1. The normalized spacial score (nSPS) is 9.70. The van der Waals surface area contributed by atoms with Gasteiger partial charge in [-0.1, -0.05) is 0 Å². The van der Waals surface area contributed by atoms with Crippen LogP contribution in [0.4, 0.5) is 0 Å². The number of nitrogens with zero attached hydrogens (tertiary/aromatic N) is 1. The van der Waals surface area contributed by atoms with Crippen LogP contribution in [-0.2, 0) is 0 Å². The molecule has 0 saturated heterocycles. The molecule has 0 saturated carbocycles. The third-order valence-corrected chi connectivity index (χ3v) is 1.01. The highest BCUT2D eigenvalue weighted by molar-refractivity contribution is 5.93. The van der Waals surface area contributed by atoms with E-state index in [4.69, 9.17) is 4.42 Å². The van der Waals surface area contributed by atoms with E-state index in [1.165, 1.54) is 12.5 Å². The van der Waals surface area contributed by atoms with Gasteiger partial charge in [-0.15, -0.1) is 0 Å². The Morgan fingerprint density at radius 3 is 3.20 bits per heavy atom. The lowest BCUT2D eigenvalue weighted by molar-refractivity contribution is 0.0960. The molecule has 0 aliphatic heterocycles. The number of Topliss-reactive ketones (excluding diaryl/α,β-unsaturated/α-hetero) is 1. The highest BCUT2D eigenvalue weighted by Crippen LogP contribution is 1.93. The minimum Gasteiger partial charge on any atom is -0.442 e. The number of aromatic nitrogens is 1. The Morgan fingerprint density at radius 2 is 2.70 bits per heavy atom. The van der Waals surface area contributed by atoms with E-state index in [2.05, 4.69) is 10.3 Å². The van der Waals surface area contributed by atoms with Crippen molar-refractivity contribution in [3.63, 3.8) is 0 Å². The smallest absolute Gasteiger partial charge is 0.264 e. The number of nitrogens with one attached hydrogen (secondary N) is 1. The lowest BCUT2D eigenvalue weighted by Gasteiger charge is -1.90. The summed E-state index contributed by atoms with van der Waals surface area (Å²) in [5, 5.41) is 2.71. The Labute approximate surface area is 58.3 Å². The predicted octanol–water partition coefficient (Wildman–Crippen LogP) is 0.0767. The predicted molar refractivity (Wildman–Crippen MR) is 34.8 cm³/mol. The van der Waals surface area contributed by atoms with Gasteiger partial charge in [0.05, 0.1) is 12.7 Å². The molecular weight excluding hydrogens is 132 g/mol. The quantitative estimate of drug-likeness (QED) is 0.604. The van der Waals surface area contributed by atoms with Crippen LogP contribution >= 0.6 is 0 Å². The third kappa shape index (κ3) is 1.41. The summed E-state index contributed by atoms with van der Waals surface area (Å²) < 4.78 is 4.75. The van der Waals surface area contributed by atoms with Gasteiger partial charge in [-0.2, -0.15) is 0 Å². The summed E-state index contributed by atoms with van der Waals surface area (Å²) >= 11 is 0. The Balaban J connectivity index is 2.59. The number of carbonyl (C=O) groups is 1. The molecule has 0 aliphatic carbocycles. The maximum atomic E-state index is 10.9. The first-order valence-corrected chi connectivity index (χ1v) is 2.92. The second-order valence-electron chi connectivity index (χ2n) is 1.79. The van der Waals surface area contributed by atoms with E-state index in [0.29, 0.717) is 0 Å². The van der Waals surface area contributed by atoms with Gasteiger partial charge in [0.15, 0.2) is 0 Å². The van der Waals surface area contributed by atoms with Crippen LogP contribution in [0.25, 0.3) is 0 Å². The number of oxazole rings is 1. The first-order valence-electron chi connectivity index (χ1n) is 2.92. The molecule has 10 heavy (non-hydrogen) atoms. The molecule has 0 spiro atoms. The minimum atomic E-state index is -0.132. The maximum Gasteiger partial charge on any atom is 0.264 e. The number of ketones is 1. The summed E-state index contributed by atoms with van der Waals surface area (Å²) in [5.41, 5.74) is 0. The van der Waals surface area contributed by atoms with Gasteiger partial charge in [0.1, 0.15) is 6.26 Å². The average Bonchev–Trinajstić information content (AvgIpc) is 2.38. The molecule has 1 aromatic heterocycles. The maximum absolute atomic E-state index is 10.9. The van der Waals surface area contributed by atoms with Crippen molar-refractivity contribution in [3.8, 4) is 0 Å². The van der Waals surface area contributed by atoms with E-state index >= 15 is 0 Å². The van der Waals surface area contributed by atoms with Gasteiger partial charge in [0.2, 0.25) is 5.78 Å². The molecule has 54 valence electrons. The Hall–Kier alpha value is -1.16. The van der Waals surface area contributed by atoms with E-state index in [-0.39, 0.29) is 18.2 Å². The Kier molecular flexibility index (Phi) is 2.17. The van der Waals surface area contributed by atoms with Crippen LogP contribution in [0.15, 0.2) is 16.9 Å². The van der Waals surface area contributed by atoms with E-state index < -0.39 is 0 Å². The standard InChI is InChI=1S/C6H8N2O2/c1-7-4-5(9)6-8-2-3-10-6/h2-3,7H,4H2,1H3. The first kappa shape index (κ1) is 6.95. The number of rotatable bonds is 3. The van der Waals surface area contributed by atoms with E-state index in [0.717, 1.165) is 0 Å². The van der Waals surface area contributed by atoms with Crippen molar-refractivity contribution in [1.82, 2.24) is 10.3 Å². The van der Waals surface area contributed by atoms with Gasteiger partial charge in [0, 0.05) is 0 Å². The fourth-order valence-electron chi connectivity index (χ4n) is 0.597. The summed E-state index contributed by atoms with van der Waals surface area (Å²) in [6, 6.07) is 0. The summed E-state index contributed by atoms with van der Waals surface area (Å²) in [6.45, 7) is 0.264. The monoisotopic (exact) mass is 140 g/mol. The molecule has 0 fully saturated rings. The van der Waals surface area contributed by atoms with Crippen LogP contribution in [0.3, 0.4) is 0 Å². The molecule has 0 atom stereocenters. The summed E-state index contributed by atoms with van der Waals surface area (Å²) in [6.07, 6.45) is 2.83. The molecule has 0 unspecified atom stereocenters. The van der Waals surface area contributed by atoms with Crippen LogP contribution in [0.2, 0.25) is 0 Å². The molecule has 4 heteroatoms. The van der Waals surface area contributed by atoms with E-state index in [9.17, 15) is 4.79 Å². The van der Waals surface area contributed by atoms with Gasteiger partial charge >= 0.3 is 0 Å². The number of carbonyl (C=O) groups excluding carboxylic acids is 1. The van der Waals surface area contributed by atoms with Crippen molar-refractivity contribution < 1.29 is 9.21 Å². The average molecular weight is 140 g/mol. The van der Waals surface area contributed by atoms with Gasteiger partial charge < -0.3 is 9.73 Å². The topological polar surface area (TPSA) is 55.1 Å². The van der Waals surface area contributed by atoms with Crippen molar-refractivity contribution in [2.24, 2.45) is 0 Å². The molecule has 0 radical (unpaired) electrons. The third-order valence-electron chi connectivity index (χ3n) is 1.01. The van der Waals surface area contributed by atoms with Gasteiger partial charge in [-0.25, -0.2) is 4.98 Å². The molecule has 0 bridgehead atoms. The van der Waals surface area contributed by atoms with Gasteiger partial charge in [0.25, 0.3) is 5.89 Å². The van der Waals surface area contributed by atoms with Crippen molar-refractivity contribution >= 4 is 5.78 Å². The largest absolute Gasteiger partial charge is 0.442 e. The van der Waals surface area contributed by atoms with Crippen LogP contribution in [0, 0.1) is 0 Å². The summed E-state index contributed by atoms with van der Waals surface area (Å²) in [4.78, 5) is 14.6. The number of hydrogen-bond acceptors (Lipinski definition) is 4. The molecular formula is C6H8N2O2. The fourth-order valence-corrected chi connectivity index (χ4v) is 0.597. The van der Waals surface area contributed by atoms with Crippen molar-refractivity contribution in [1.29, 1.82) is 0 Å². The van der Waals surface area contributed by atoms with Crippen molar-refractivity contribution in [3.05, 3.63) is 18.4 Å². The molecule has 4 nitrogen and oxygen atoms in total. The first-order chi connectivity index (χ1) is 4.84. The summed E-state index contributed by atoms with van der Waals surface area (Å²) in [7, 11) is 1.70. The zero-order valence-corrected chi connectivity index (χ0v) is 5.63. The van der Waals surface area contributed by atoms with Crippen LogP contribution < -0.4 is 5.32 Å². The highest BCUT2D eigenvalue weighted by atomic mass is 16.3. The van der Waals surface area contributed by atoms with Gasteiger partial charge in [-0.05, 0) is 7.05 Å². The van der Waals surface area contributed by atoms with Crippen molar-refractivity contribution in [2.75, 3.05) is 13.6 Å². The molecule has 1 N–H and O–H groups in total. The molecule has 1 rings (SSSR count). The molecule has 0 amide bonds. The van der Waals surface area contributed by atoms with Crippen LogP contribution in [0.5, 0.6) is 0 Å². The number of hydrogen-bond donors (Lipinski definition) is 1.